The number of thiazole rings is 1. The summed E-state index contributed by atoms with van der Waals surface area (Å²) in [4.78, 5) is 22.3. The number of aromatic nitrogens is 2. The van der Waals surface area contributed by atoms with Gasteiger partial charge in [0.2, 0.25) is 0 Å². The summed E-state index contributed by atoms with van der Waals surface area (Å²) in [5.74, 6) is 0.0260. The highest BCUT2D eigenvalue weighted by Crippen LogP contribution is 2.36. The highest BCUT2D eigenvalue weighted by atomic mass is 32.1. The van der Waals surface area contributed by atoms with E-state index < -0.39 is 6.17 Å². The van der Waals surface area contributed by atoms with Crippen LogP contribution in [0.1, 0.15) is 46.4 Å². The topological polar surface area (TPSA) is 41.4 Å². The molecule has 2 aromatic heterocycles. The Kier molecular flexibility index (Phi) is 4.84. The average molecular weight is 377 g/mol. The number of halogens is 1. The van der Waals surface area contributed by atoms with Gasteiger partial charge in [0, 0.05) is 49.8 Å². The normalized spacial score (nSPS) is 23.5. The first-order valence-corrected chi connectivity index (χ1v) is 10.1. The van der Waals surface area contributed by atoms with Crippen molar-refractivity contribution in [2.75, 3.05) is 20.1 Å². The quantitative estimate of drug-likeness (QED) is 0.777. The van der Waals surface area contributed by atoms with Gasteiger partial charge in [0.15, 0.2) is 0 Å². The zero-order valence-electron chi connectivity index (χ0n) is 15.3. The van der Waals surface area contributed by atoms with Crippen molar-refractivity contribution in [1.29, 1.82) is 0 Å². The van der Waals surface area contributed by atoms with Crippen LogP contribution in [0.15, 0.2) is 23.8 Å². The minimum absolute atomic E-state index is 0.0260. The van der Waals surface area contributed by atoms with Crippen molar-refractivity contribution in [2.24, 2.45) is 0 Å². The van der Waals surface area contributed by atoms with Gasteiger partial charge in [0.1, 0.15) is 11.9 Å². The highest BCUT2D eigenvalue weighted by Gasteiger charge is 2.35. The molecule has 0 N–H and O–H groups in total. The van der Waals surface area contributed by atoms with Crippen LogP contribution in [0.2, 0.25) is 0 Å². The molecular weight excluding hydrogens is 351 g/mol. The van der Waals surface area contributed by atoms with E-state index in [0.717, 1.165) is 24.2 Å². The predicted molar refractivity (Wildman–Crippen MR) is 100 cm³/mol. The molecule has 1 saturated carbocycles. The summed E-state index contributed by atoms with van der Waals surface area (Å²) in [6.07, 6.45) is 3.94. The molecule has 2 aliphatic rings. The Bertz CT molecular complexity index is 784. The third-order valence-corrected chi connectivity index (χ3v) is 6.36. The number of alkyl halides is 1. The molecule has 0 unspecified atom stereocenters. The van der Waals surface area contributed by atoms with E-state index >= 15 is 0 Å². The third kappa shape index (κ3) is 3.55. The van der Waals surface area contributed by atoms with Crippen molar-refractivity contribution in [3.05, 3.63) is 40.1 Å². The number of aryl methyl sites for hydroxylation is 1. The van der Waals surface area contributed by atoms with E-state index in [-0.39, 0.29) is 11.9 Å². The van der Waals surface area contributed by atoms with E-state index in [1.54, 1.807) is 16.2 Å². The molecule has 0 spiro atoms. The number of amides is 1. The fourth-order valence-corrected chi connectivity index (χ4v) is 4.61. The van der Waals surface area contributed by atoms with Crippen molar-refractivity contribution in [3.63, 3.8) is 0 Å². The van der Waals surface area contributed by atoms with Gasteiger partial charge >= 0.3 is 0 Å². The van der Waals surface area contributed by atoms with E-state index in [9.17, 15) is 9.18 Å². The zero-order chi connectivity index (χ0) is 18.3. The Labute approximate surface area is 157 Å². The molecule has 1 amide bonds. The average Bonchev–Trinajstić information content (AvgIpc) is 3.03. The molecular formula is C19H25FN4OS. The number of rotatable bonds is 6. The zero-order valence-corrected chi connectivity index (χ0v) is 16.1. The number of nitrogens with zero attached hydrogens (tertiary/aromatic N) is 4. The Hall–Kier alpha value is -1.73. The molecule has 1 saturated heterocycles. The van der Waals surface area contributed by atoms with Crippen LogP contribution in [-0.4, -0.2) is 57.6 Å². The van der Waals surface area contributed by atoms with E-state index in [4.69, 9.17) is 0 Å². The summed E-state index contributed by atoms with van der Waals surface area (Å²) in [6, 6.07) is 4.35. The molecule has 26 heavy (non-hydrogen) atoms. The maximum Gasteiger partial charge on any atom is 0.270 e. The Balaban J connectivity index is 1.43. The van der Waals surface area contributed by atoms with Crippen molar-refractivity contribution in [1.82, 2.24) is 19.4 Å². The predicted octanol–water partition coefficient (Wildman–Crippen LogP) is 3.27. The fraction of sp³-hybridized carbons (Fsp3) is 0.579. The molecule has 0 aromatic carbocycles. The standard InChI is InChI=1S/C19H25FN4OS/c1-13-18(26-12-21-13)11-23-9-14(20)8-16(23)10-22(2)19(25)17-4-3-7-24(17)15-5-6-15/h3-4,7,12,14-16H,5-6,8-11H2,1-2H3/t14-,16-/m0/s1. The second-order valence-corrected chi connectivity index (χ2v) is 8.43. The van der Waals surface area contributed by atoms with Crippen LogP contribution in [0, 0.1) is 6.92 Å². The Morgan fingerprint density at radius 2 is 2.27 bits per heavy atom. The van der Waals surface area contributed by atoms with Crippen LogP contribution in [0.4, 0.5) is 4.39 Å². The summed E-state index contributed by atoms with van der Waals surface area (Å²) in [5, 5.41) is 0. The molecule has 4 rings (SSSR count). The van der Waals surface area contributed by atoms with Crippen LogP contribution < -0.4 is 0 Å². The first-order chi connectivity index (χ1) is 12.5. The summed E-state index contributed by atoms with van der Waals surface area (Å²) in [5.41, 5.74) is 3.60. The van der Waals surface area contributed by atoms with E-state index in [1.807, 2.05) is 37.8 Å². The minimum Gasteiger partial charge on any atom is -0.340 e. The third-order valence-electron chi connectivity index (χ3n) is 5.44. The molecule has 2 aromatic rings. The van der Waals surface area contributed by atoms with Gasteiger partial charge < -0.3 is 9.47 Å². The SMILES string of the molecule is Cc1ncsc1CN1C[C@@H](F)C[C@H]1CN(C)C(=O)c1cccn1C1CC1. The van der Waals surface area contributed by atoms with Gasteiger partial charge in [0.25, 0.3) is 5.91 Å². The van der Waals surface area contributed by atoms with Gasteiger partial charge in [-0.2, -0.15) is 0 Å². The summed E-state index contributed by atoms with van der Waals surface area (Å²) < 4.78 is 16.2. The summed E-state index contributed by atoms with van der Waals surface area (Å²) in [6.45, 7) is 3.68. The maximum absolute atomic E-state index is 14.1. The van der Waals surface area contributed by atoms with Crippen molar-refractivity contribution in [3.8, 4) is 0 Å². The lowest BCUT2D eigenvalue weighted by atomic mass is 10.2. The molecule has 0 radical (unpaired) electrons. The molecule has 2 fully saturated rings. The lowest BCUT2D eigenvalue weighted by Crippen LogP contribution is -2.41. The number of hydrogen-bond acceptors (Lipinski definition) is 4. The number of likely N-dealkylation sites (N-methyl/N-ethyl adjacent to an activating group) is 1. The minimum atomic E-state index is -0.827. The van der Waals surface area contributed by atoms with E-state index in [1.165, 1.54) is 4.88 Å². The maximum atomic E-state index is 14.1. The molecule has 5 nitrogen and oxygen atoms in total. The second-order valence-electron chi connectivity index (χ2n) is 7.49. The van der Waals surface area contributed by atoms with Gasteiger partial charge in [-0.25, -0.2) is 9.37 Å². The monoisotopic (exact) mass is 376 g/mol. The van der Waals surface area contributed by atoms with Crippen molar-refractivity contribution >= 4 is 17.2 Å². The number of likely N-dealkylation sites (tertiary alicyclic amines) is 1. The molecule has 2 atom stereocenters. The van der Waals surface area contributed by atoms with Crippen LogP contribution in [-0.2, 0) is 6.54 Å². The summed E-state index contributed by atoms with van der Waals surface area (Å²) in [7, 11) is 1.83. The molecule has 7 heteroatoms. The smallest absolute Gasteiger partial charge is 0.270 e. The first-order valence-electron chi connectivity index (χ1n) is 9.22. The first kappa shape index (κ1) is 17.7. The van der Waals surface area contributed by atoms with Crippen LogP contribution in [0.25, 0.3) is 0 Å². The van der Waals surface area contributed by atoms with Crippen LogP contribution in [0.3, 0.4) is 0 Å². The van der Waals surface area contributed by atoms with Gasteiger partial charge in [-0.1, -0.05) is 0 Å². The molecule has 0 bridgehead atoms. The highest BCUT2D eigenvalue weighted by molar-refractivity contribution is 7.09. The molecule has 3 heterocycles. The Morgan fingerprint density at radius 1 is 1.46 bits per heavy atom. The van der Waals surface area contributed by atoms with E-state index in [0.29, 0.717) is 32.1 Å². The van der Waals surface area contributed by atoms with E-state index in [2.05, 4.69) is 14.5 Å². The van der Waals surface area contributed by atoms with Crippen molar-refractivity contribution < 1.29 is 9.18 Å². The van der Waals surface area contributed by atoms with Crippen molar-refractivity contribution in [2.45, 2.75) is 51.0 Å². The van der Waals surface area contributed by atoms with Crippen LogP contribution >= 0.6 is 11.3 Å². The molecule has 1 aliphatic carbocycles. The molecule has 1 aliphatic heterocycles. The number of carbonyl (C=O) groups is 1. The molecule has 140 valence electrons. The number of hydrogen-bond donors (Lipinski definition) is 0. The number of carbonyl (C=O) groups excluding carboxylic acids is 1. The second kappa shape index (κ2) is 7.12. The largest absolute Gasteiger partial charge is 0.340 e. The van der Waals surface area contributed by atoms with Gasteiger partial charge in [0.05, 0.1) is 11.2 Å². The lowest BCUT2D eigenvalue weighted by Gasteiger charge is -2.28. The fourth-order valence-electron chi connectivity index (χ4n) is 3.81. The van der Waals surface area contributed by atoms with Gasteiger partial charge in [-0.05, 0) is 38.3 Å². The van der Waals surface area contributed by atoms with Gasteiger partial charge in [-0.3, -0.25) is 9.69 Å². The summed E-state index contributed by atoms with van der Waals surface area (Å²) >= 11 is 1.62. The van der Waals surface area contributed by atoms with Gasteiger partial charge in [-0.15, -0.1) is 11.3 Å². The van der Waals surface area contributed by atoms with Crippen LogP contribution in [0.5, 0.6) is 0 Å². The lowest BCUT2D eigenvalue weighted by molar-refractivity contribution is 0.0739. The Morgan fingerprint density at radius 3 is 2.96 bits per heavy atom.